The van der Waals surface area contributed by atoms with E-state index in [0.29, 0.717) is 31.0 Å². The van der Waals surface area contributed by atoms with Crippen molar-refractivity contribution in [2.75, 3.05) is 24.5 Å². The molecule has 4 aromatic carbocycles. The van der Waals surface area contributed by atoms with Crippen LogP contribution in [0.3, 0.4) is 0 Å². The molecule has 4 aromatic rings. The molecule has 16 heteroatoms. The van der Waals surface area contributed by atoms with Crippen molar-refractivity contribution in [2.24, 2.45) is 23.7 Å². The number of ether oxygens (including phenoxy) is 2. The minimum atomic E-state index is -1.63. The van der Waals surface area contributed by atoms with Gasteiger partial charge in [-0.3, -0.25) is 39.6 Å². The molecule has 0 bridgehead atoms. The van der Waals surface area contributed by atoms with E-state index in [1.165, 1.54) is 44.6 Å². The first kappa shape index (κ1) is 37.7. The number of carbonyl (C=O) groups is 4. The van der Waals surface area contributed by atoms with Crippen LogP contribution in [0.1, 0.15) is 29.9 Å². The van der Waals surface area contributed by atoms with E-state index in [1.807, 2.05) is 28.7 Å². The number of phenols is 1. The van der Waals surface area contributed by atoms with Crippen molar-refractivity contribution < 1.29 is 38.7 Å². The lowest BCUT2D eigenvalue weighted by molar-refractivity contribution is -0.384. The number of imide groups is 2. The molecule has 1 saturated carbocycles. The molecule has 13 nitrogen and oxygen atoms in total. The number of nitrogens with zero attached hydrogens (tertiary/aromatic N) is 3. The molecule has 0 radical (unpaired) electrons. The van der Waals surface area contributed by atoms with Gasteiger partial charge in [0.1, 0.15) is 5.75 Å². The summed E-state index contributed by atoms with van der Waals surface area (Å²) in [5, 5.41) is 23.8. The monoisotopic (exact) mass is 908 g/mol. The number of benzene rings is 4. The van der Waals surface area contributed by atoms with Crippen molar-refractivity contribution in [2.45, 2.75) is 24.2 Å². The summed E-state index contributed by atoms with van der Waals surface area (Å²) < 4.78 is 11.5. The van der Waals surface area contributed by atoms with Gasteiger partial charge in [-0.25, -0.2) is 0 Å². The fourth-order valence-corrected chi connectivity index (χ4v) is 10.2. The summed E-state index contributed by atoms with van der Waals surface area (Å²) in [7, 11) is 2.93. The van der Waals surface area contributed by atoms with Crippen molar-refractivity contribution in [1.29, 1.82) is 0 Å². The summed E-state index contributed by atoms with van der Waals surface area (Å²) in [4.78, 5) is 71.0. The Morgan fingerprint density at radius 1 is 0.911 bits per heavy atom. The van der Waals surface area contributed by atoms with Crippen LogP contribution in [0.25, 0.3) is 0 Å². The highest BCUT2D eigenvalue weighted by Crippen LogP contribution is 2.65. The van der Waals surface area contributed by atoms with Crippen LogP contribution in [0.4, 0.5) is 17.1 Å². The zero-order chi connectivity index (χ0) is 39.8. The second kappa shape index (κ2) is 14.1. The van der Waals surface area contributed by atoms with Crippen molar-refractivity contribution in [3.8, 4) is 17.2 Å². The Morgan fingerprint density at radius 2 is 1.62 bits per heavy atom. The van der Waals surface area contributed by atoms with Crippen LogP contribution < -0.4 is 19.8 Å². The molecule has 3 fully saturated rings. The Morgan fingerprint density at radius 3 is 2.27 bits per heavy atom. The van der Waals surface area contributed by atoms with Crippen molar-refractivity contribution in [3.05, 3.63) is 125 Å². The molecule has 8 rings (SSSR count). The van der Waals surface area contributed by atoms with Crippen LogP contribution in [-0.4, -0.2) is 52.9 Å². The van der Waals surface area contributed by atoms with Crippen molar-refractivity contribution in [1.82, 2.24) is 5.01 Å². The lowest BCUT2D eigenvalue weighted by atomic mass is 9.49. The number of nitrogens with one attached hydrogen (secondary N) is 1. The van der Waals surface area contributed by atoms with Gasteiger partial charge in [0.05, 0.1) is 62.3 Å². The number of aromatic hydroxyl groups is 1. The highest BCUT2D eigenvalue weighted by molar-refractivity contribution is 14.1. The van der Waals surface area contributed by atoms with Gasteiger partial charge in [-0.1, -0.05) is 47.0 Å². The molecule has 6 atom stereocenters. The third kappa shape index (κ3) is 5.63. The second-order valence-electron chi connectivity index (χ2n) is 14.1. The zero-order valence-corrected chi connectivity index (χ0v) is 33.2. The molecule has 2 aliphatic carbocycles. The number of phenolic OH excluding ortho intramolecular Hbond substituents is 1. The lowest BCUT2D eigenvalue weighted by Gasteiger charge is -2.50. The van der Waals surface area contributed by atoms with Crippen LogP contribution in [0.5, 0.6) is 17.2 Å². The van der Waals surface area contributed by atoms with Gasteiger partial charge in [0, 0.05) is 23.1 Å². The predicted octanol–water partition coefficient (Wildman–Crippen LogP) is 7.42. The Hall–Kier alpha value is -5.19. The normalized spacial score (nSPS) is 25.4. The van der Waals surface area contributed by atoms with E-state index in [0.717, 1.165) is 9.91 Å². The molecule has 2 N–H and O–H groups in total. The van der Waals surface area contributed by atoms with Crippen LogP contribution in [0, 0.1) is 37.4 Å². The van der Waals surface area contributed by atoms with E-state index in [1.54, 1.807) is 48.5 Å². The zero-order valence-electron chi connectivity index (χ0n) is 29.6. The van der Waals surface area contributed by atoms with Gasteiger partial charge in [0.2, 0.25) is 11.8 Å². The number of anilines is 2. The fraction of sp³-hybridized carbons (Fsp3) is 0.250. The maximum atomic E-state index is 15.5. The molecule has 2 aliphatic heterocycles. The minimum Gasteiger partial charge on any atom is -0.504 e. The number of hydrogen-bond donors (Lipinski definition) is 2. The molecular weight excluding hydrogens is 878 g/mol. The molecule has 4 amide bonds. The molecule has 6 unspecified atom stereocenters. The fourth-order valence-electron chi connectivity index (χ4n) is 9.11. The smallest absolute Gasteiger partial charge is 0.269 e. The Labute approximate surface area is 343 Å². The number of carbonyl (C=O) groups excluding carboxylic acids is 4. The number of fused-ring (bicyclic) bond motifs is 4. The summed E-state index contributed by atoms with van der Waals surface area (Å²) in [6.07, 6.45) is 2.08. The Bertz CT molecular complexity index is 2390. The number of non-ortho nitro benzene ring substituents is 1. The van der Waals surface area contributed by atoms with Crippen LogP contribution in [-0.2, 0) is 24.6 Å². The summed E-state index contributed by atoms with van der Waals surface area (Å²) in [6, 6.07) is 20.1. The number of hydrogen-bond acceptors (Lipinski definition) is 10. The first-order chi connectivity index (χ1) is 26.8. The molecule has 2 saturated heterocycles. The second-order valence-corrected chi connectivity index (χ2v) is 16.1. The van der Waals surface area contributed by atoms with Gasteiger partial charge in [0.25, 0.3) is 17.5 Å². The van der Waals surface area contributed by atoms with E-state index in [4.69, 9.17) is 32.7 Å². The topological polar surface area (TPSA) is 169 Å². The maximum Gasteiger partial charge on any atom is 0.269 e. The van der Waals surface area contributed by atoms with Gasteiger partial charge in [-0.2, -0.15) is 5.01 Å². The maximum absolute atomic E-state index is 15.5. The molecule has 286 valence electrons. The summed E-state index contributed by atoms with van der Waals surface area (Å²) in [5.41, 5.74) is 3.32. The highest BCUT2D eigenvalue weighted by atomic mass is 127. The van der Waals surface area contributed by atoms with Gasteiger partial charge in [-0.05, 0) is 107 Å². The Kier molecular flexibility index (Phi) is 9.48. The molecular formula is C40H31Cl2IN4O9. The number of halogens is 3. The van der Waals surface area contributed by atoms with Crippen molar-refractivity contribution in [3.63, 3.8) is 0 Å². The van der Waals surface area contributed by atoms with Crippen LogP contribution >= 0.6 is 45.8 Å². The number of allylic oxidation sites excluding steroid dienone is 2. The van der Waals surface area contributed by atoms with E-state index >= 15 is 4.79 Å². The number of nitro groups is 1. The predicted molar refractivity (Wildman–Crippen MR) is 214 cm³/mol. The number of rotatable bonds is 8. The standard InChI is InChI=1S/C40H31Cl2IN4O9/c1-55-24-10-3-20(4-11-24)40-28(37(50)46(39(40)52)44-31-14-5-21(41)17-29(31)42)18-27-25(34(40)19-15-30(43)35(48)32(16-19)56-2)12-13-26-33(27)38(51)45(36(26)49)22-6-8-23(9-7-22)47(53)54/h3-12,14-17,26-28,33-34,44,48H,13,18H2,1-2H3. The molecule has 0 aromatic heterocycles. The SMILES string of the molecule is COc1ccc(C23C(=O)N(Nc4ccc(Cl)cc4Cl)C(=O)C2CC2C(=CCC4C(=O)N(c5ccc([N+](=O)[O-])cc5)C(=O)C42)C3c2cc(I)c(O)c(OC)c2)cc1. The van der Waals surface area contributed by atoms with Gasteiger partial charge in [-0.15, -0.1) is 0 Å². The third-order valence-electron chi connectivity index (χ3n) is 11.5. The summed E-state index contributed by atoms with van der Waals surface area (Å²) in [6.45, 7) is 0. The quantitative estimate of drug-likeness (QED) is 0.0597. The van der Waals surface area contributed by atoms with Crippen molar-refractivity contribution >= 4 is 86.5 Å². The van der Waals surface area contributed by atoms with Crippen LogP contribution in [0.2, 0.25) is 10.0 Å². The van der Waals surface area contributed by atoms with E-state index < -0.39 is 63.6 Å². The first-order valence-corrected chi connectivity index (χ1v) is 19.3. The molecule has 56 heavy (non-hydrogen) atoms. The van der Waals surface area contributed by atoms with E-state index in [9.17, 15) is 29.6 Å². The van der Waals surface area contributed by atoms with E-state index in [-0.39, 0.29) is 46.4 Å². The Balaban J connectivity index is 1.33. The van der Waals surface area contributed by atoms with E-state index in [2.05, 4.69) is 5.43 Å². The third-order valence-corrected chi connectivity index (χ3v) is 12.9. The highest BCUT2D eigenvalue weighted by Gasteiger charge is 2.70. The summed E-state index contributed by atoms with van der Waals surface area (Å²) in [5.74, 6) is -5.96. The molecule has 2 heterocycles. The number of amides is 4. The number of methoxy groups -OCH3 is 2. The van der Waals surface area contributed by atoms with Gasteiger partial charge < -0.3 is 14.6 Å². The minimum absolute atomic E-state index is 0.0199. The average molecular weight is 910 g/mol. The average Bonchev–Trinajstić information content (AvgIpc) is 3.57. The summed E-state index contributed by atoms with van der Waals surface area (Å²) >= 11 is 14.7. The van der Waals surface area contributed by atoms with Crippen LogP contribution in [0.15, 0.2) is 90.5 Å². The van der Waals surface area contributed by atoms with Gasteiger partial charge in [0.15, 0.2) is 11.5 Å². The lowest BCUT2D eigenvalue weighted by Crippen LogP contribution is -2.53. The first-order valence-electron chi connectivity index (χ1n) is 17.4. The largest absolute Gasteiger partial charge is 0.504 e. The number of nitro benzene ring substituents is 1. The molecule has 4 aliphatic rings. The van der Waals surface area contributed by atoms with Gasteiger partial charge >= 0.3 is 0 Å². The number of hydrazine groups is 1. The molecule has 0 spiro atoms.